The van der Waals surface area contributed by atoms with Crippen LogP contribution >= 0.6 is 12.4 Å². The molecule has 6 nitrogen and oxygen atoms in total. The minimum Gasteiger partial charge on any atom is -0.372 e. The van der Waals surface area contributed by atoms with Crippen LogP contribution in [0.25, 0.3) is 27.8 Å². The molecule has 3 aromatic heterocycles. The lowest BCUT2D eigenvalue weighted by Crippen LogP contribution is -2.26. The lowest BCUT2D eigenvalue weighted by atomic mass is 9.88. The summed E-state index contributed by atoms with van der Waals surface area (Å²) >= 11 is 0. The van der Waals surface area contributed by atoms with Crippen molar-refractivity contribution in [3.8, 4) is 11.3 Å². The van der Waals surface area contributed by atoms with E-state index >= 15 is 0 Å². The molecular weight excluding hydrogens is 410 g/mol. The molecule has 0 spiro atoms. The molecule has 2 N–H and O–H groups in total. The minimum absolute atomic E-state index is 0. The summed E-state index contributed by atoms with van der Waals surface area (Å²) in [7, 11) is 0. The Hall–Kier alpha value is -2.41. The number of halogens is 1. The molecule has 162 valence electrons. The van der Waals surface area contributed by atoms with Crippen molar-refractivity contribution in [2.45, 2.75) is 51.7 Å². The second kappa shape index (κ2) is 7.93. The molecule has 0 aliphatic carbocycles. The third kappa shape index (κ3) is 3.25. The Morgan fingerprint density at radius 2 is 1.94 bits per heavy atom. The molecule has 4 aromatic rings. The number of aromatic nitrogens is 4. The lowest BCUT2D eigenvalue weighted by molar-refractivity contribution is 0.135. The van der Waals surface area contributed by atoms with Crippen molar-refractivity contribution in [3.63, 3.8) is 0 Å². The molecule has 6 rings (SSSR count). The van der Waals surface area contributed by atoms with Crippen molar-refractivity contribution < 1.29 is 4.74 Å². The number of hydrogen-bond acceptors (Lipinski definition) is 4. The summed E-state index contributed by atoms with van der Waals surface area (Å²) in [6.45, 7) is 8.02. The number of rotatable bonds is 3. The maximum absolute atomic E-state index is 5.83. The van der Waals surface area contributed by atoms with Crippen molar-refractivity contribution in [3.05, 3.63) is 53.0 Å². The van der Waals surface area contributed by atoms with Crippen LogP contribution in [0.3, 0.4) is 0 Å². The van der Waals surface area contributed by atoms with Crippen molar-refractivity contribution in [1.82, 2.24) is 24.9 Å². The Bertz CT molecular complexity index is 1250. The van der Waals surface area contributed by atoms with Gasteiger partial charge >= 0.3 is 0 Å². The van der Waals surface area contributed by atoms with Crippen LogP contribution in [-0.2, 0) is 18.0 Å². The average Bonchev–Trinajstić information content (AvgIpc) is 3.49. The van der Waals surface area contributed by atoms with Gasteiger partial charge in [0.1, 0.15) is 6.33 Å². The topological polar surface area (TPSA) is 67.2 Å². The Morgan fingerprint density at radius 1 is 1.13 bits per heavy atom. The molecule has 0 unspecified atom stereocenters. The largest absolute Gasteiger partial charge is 0.372 e. The van der Waals surface area contributed by atoms with E-state index in [0.29, 0.717) is 25.0 Å². The number of aromatic amines is 1. The fourth-order valence-corrected chi connectivity index (χ4v) is 5.30. The smallest absolute Gasteiger partial charge is 0.161 e. The molecular formula is C24H28ClN5O. The van der Waals surface area contributed by atoms with E-state index in [2.05, 4.69) is 58.6 Å². The molecule has 0 bridgehead atoms. The minimum atomic E-state index is 0. The first-order valence-corrected chi connectivity index (χ1v) is 11.0. The molecule has 1 fully saturated rings. The van der Waals surface area contributed by atoms with E-state index in [9.17, 15) is 0 Å². The van der Waals surface area contributed by atoms with E-state index < -0.39 is 0 Å². The highest BCUT2D eigenvalue weighted by molar-refractivity contribution is 5.93. The lowest BCUT2D eigenvalue weighted by Gasteiger charge is -2.23. The first kappa shape index (κ1) is 20.5. The van der Waals surface area contributed by atoms with Gasteiger partial charge in [-0.25, -0.2) is 9.50 Å². The van der Waals surface area contributed by atoms with Crippen LogP contribution in [-0.4, -0.2) is 32.7 Å². The highest BCUT2D eigenvalue weighted by atomic mass is 35.5. The van der Waals surface area contributed by atoms with E-state index in [1.165, 1.54) is 51.7 Å². The Morgan fingerprint density at radius 3 is 2.74 bits per heavy atom. The molecule has 2 aliphatic rings. The number of nitrogens with zero attached hydrogens (tertiary/aromatic N) is 3. The maximum Gasteiger partial charge on any atom is 0.161 e. The molecule has 7 heteroatoms. The maximum atomic E-state index is 5.83. The molecule has 0 amide bonds. The standard InChI is InChI=1S/C24H27N5O.ClH/c1-14(2)22-17-9-16(15-5-7-25-8-6-15)3-4-21(17)28-23(22)18-10-29-24(26-13-27-29)20-12-30-11-19(18)20;/h3-4,9-10,13-15,25,28H,5-8,11-12H2,1-2H3;1H. The van der Waals surface area contributed by atoms with Crippen LogP contribution in [0.4, 0.5) is 0 Å². The number of ether oxygens (including phenoxy) is 1. The van der Waals surface area contributed by atoms with Gasteiger partial charge in [0.05, 0.1) is 18.9 Å². The molecule has 5 heterocycles. The van der Waals surface area contributed by atoms with Crippen molar-refractivity contribution in [2.75, 3.05) is 13.1 Å². The number of piperidine rings is 1. The van der Waals surface area contributed by atoms with Crippen LogP contribution < -0.4 is 5.32 Å². The molecule has 31 heavy (non-hydrogen) atoms. The molecule has 2 aliphatic heterocycles. The molecule has 0 atom stereocenters. The van der Waals surface area contributed by atoms with Gasteiger partial charge in [0.15, 0.2) is 5.65 Å². The van der Waals surface area contributed by atoms with Gasteiger partial charge in [-0.15, -0.1) is 12.4 Å². The Balaban J connectivity index is 0.00000204. The SMILES string of the molecule is CC(C)c1c(-c2cn3ncnc3c3c2COC3)[nH]c2ccc(C3CCNCC3)cc12.Cl. The van der Waals surface area contributed by atoms with Gasteiger partial charge in [0.25, 0.3) is 0 Å². The summed E-state index contributed by atoms with van der Waals surface area (Å²) in [5, 5.41) is 9.25. The summed E-state index contributed by atoms with van der Waals surface area (Å²) in [5.41, 5.74) is 9.74. The predicted octanol–water partition coefficient (Wildman–Crippen LogP) is 4.92. The number of hydrogen-bond donors (Lipinski definition) is 2. The zero-order valence-electron chi connectivity index (χ0n) is 17.9. The summed E-state index contributed by atoms with van der Waals surface area (Å²) in [6.07, 6.45) is 6.17. The van der Waals surface area contributed by atoms with Crippen LogP contribution in [0.1, 0.15) is 60.8 Å². The van der Waals surface area contributed by atoms with Gasteiger partial charge in [0, 0.05) is 28.2 Å². The van der Waals surface area contributed by atoms with Crippen molar-refractivity contribution in [2.24, 2.45) is 0 Å². The average molecular weight is 438 g/mol. The third-order valence-corrected chi connectivity index (χ3v) is 6.80. The molecule has 0 saturated carbocycles. The van der Waals surface area contributed by atoms with E-state index in [4.69, 9.17) is 4.74 Å². The Labute approximate surface area is 187 Å². The number of pyridine rings is 1. The monoisotopic (exact) mass is 437 g/mol. The third-order valence-electron chi connectivity index (χ3n) is 6.80. The molecule has 1 aromatic carbocycles. The number of nitrogens with one attached hydrogen (secondary N) is 2. The van der Waals surface area contributed by atoms with E-state index in [1.807, 2.05) is 4.52 Å². The van der Waals surface area contributed by atoms with Gasteiger partial charge in [0.2, 0.25) is 0 Å². The first-order valence-electron chi connectivity index (χ1n) is 11.0. The summed E-state index contributed by atoms with van der Waals surface area (Å²) in [6, 6.07) is 7.02. The Kier molecular flexibility index (Phi) is 5.24. The van der Waals surface area contributed by atoms with Crippen LogP contribution in [0.5, 0.6) is 0 Å². The second-order valence-corrected chi connectivity index (χ2v) is 8.92. The van der Waals surface area contributed by atoms with Gasteiger partial charge in [-0.3, -0.25) is 0 Å². The fourth-order valence-electron chi connectivity index (χ4n) is 5.30. The van der Waals surface area contributed by atoms with Gasteiger partial charge in [-0.05, 0) is 66.6 Å². The molecule has 1 saturated heterocycles. The van der Waals surface area contributed by atoms with Crippen LogP contribution in [0, 0.1) is 0 Å². The quantitative estimate of drug-likeness (QED) is 0.477. The number of benzene rings is 1. The van der Waals surface area contributed by atoms with Gasteiger partial charge in [-0.2, -0.15) is 5.10 Å². The second-order valence-electron chi connectivity index (χ2n) is 8.92. The normalized spacial score (nSPS) is 16.9. The van der Waals surface area contributed by atoms with Crippen LogP contribution in [0.15, 0.2) is 30.7 Å². The van der Waals surface area contributed by atoms with Crippen LogP contribution in [0.2, 0.25) is 0 Å². The van der Waals surface area contributed by atoms with Gasteiger partial charge < -0.3 is 15.0 Å². The van der Waals surface area contributed by atoms with E-state index in [0.717, 1.165) is 24.3 Å². The zero-order valence-corrected chi connectivity index (χ0v) is 18.8. The summed E-state index contributed by atoms with van der Waals surface area (Å²) < 4.78 is 7.71. The van der Waals surface area contributed by atoms with Crippen molar-refractivity contribution in [1.29, 1.82) is 0 Å². The predicted molar refractivity (Wildman–Crippen MR) is 125 cm³/mol. The highest BCUT2D eigenvalue weighted by Gasteiger charge is 2.26. The van der Waals surface area contributed by atoms with Gasteiger partial charge in [-0.1, -0.05) is 19.9 Å². The summed E-state index contributed by atoms with van der Waals surface area (Å²) in [4.78, 5) is 8.19. The van der Waals surface area contributed by atoms with Crippen molar-refractivity contribution >= 4 is 29.0 Å². The number of fused-ring (bicyclic) bond motifs is 4. The molecule has 0 radical (unpaired) electrons. The highest BCUT2D eigenvalue weighted by Crippen LogP contribution is 2.41. The first-order chi connectivity index (χ1) is 14.7. The van der Waals surface area contributed by atoms with E-state index in [-0.39, 0.29) is 12.4 Å². The summed E-state index contributed by atoms with van der Waals surface area (Å²) in [5.74, 6) is 1.06. The van der Waals surface area contributed by atoms with E-state index in [1.54, 1.807) is 6.33 Å². The zero-order chi connectivity index (χ0) is 20.2. The fraction of sp³-hybridized carbons (Fsp3) is 0.417. The number of H-pyrrole nitrogens is 1.